The van der Waals surface area contributed by atoms with Gasteiger partial charge in [-0.2, -0.15) is 4.31 Å². The van der Waals surface area contributed by atoms with Crippen molar-refractivity contribution in [2.75, 3.05) is 46.4 Å². The molecule has 37 heavy (non-hydrogen) atoms. The van der Waals surface area contributed by atoms with E-state index in [2.05, 4.69) is 18.7 Å². The molecule has 0 bridgehead atoms. The van der Waals surface area contributed by atoms with Crippen LogP contribution in [0, 0.1) is 0 Å². The molecule has 3 rings (SSSR count). The fraction of sp³-hybridized carbons (Fsp3) is 0.357. The Labute approximate surface area is 220 Å². The highest BCUT2D eigenvalue weighted by molar-refractivity contribution is 7.89. The number of hydrogen-bond acceptors (Lipinski definition) is 7. The van der Waals surface area contributed by atoms with Crippen LogP contribution in [0.15, 0.2) is 65.6 Å². The Bertz CT molecular complexity index is 1260. The Morgan fingerprint density at radius 1 is 0.703 bits per heavy atom. The number of methoxy groups -OCH3 is 4. The Morgan fingerprint density at radius 2 is 1.30 bits per heavy atom. The van der Waals surface area contributed by atoms with Gasteiger partial charge < -0.3 is 23.8 Å². The summed E-state index contributed by atoms with van der Waals surface area (Å²) in [4.78, 5) is 2.45. The van der Waals surface area contributed by atoms with Gasteiger partial charge in [-0.3, -0.25) is 0 Å². The first-order valence-electron chi connectivity index (χ1n) is 12.1. The Balaban J connectivity index is 2.09. The van der Waals surface area contributed by atoms with Crippen molar-refractivity contribution in [1.82, 2.24) is 4.31 Å². The first-order chi connectivity index (χ1) is 17.8. The van der Waals surface area contributed by atoms with Crippen LogP contribution in [0.3, 0.4) is 0 Å². The van der Waals surface area contributed by atoms with E-state index in [1.807, 2.05) is 24.3 Å². The van der Waals surface area contributed by atoms with Gasteiger partial charge in [-0.15, -0.1) is 0 Å². The lowest BCUT2D eigenvalue weighted by molar-refractivity contribution is 0.300. The minimum absolute atomic E-state index is 0.0227. The molecule has 3 aromatic rings. The summed E-state index contributed by atoms with van der Waals surface area (Å²) in [5, 5.41) is 0. The fourth-order valence-corrected chi connectivity index (χ4v) is 5.71. The number of anilines is 1. The highest BCUT2D eigenvalue weighted by atomic mass is 32.2. The maximum atomic E-state index is 13.8. The second-order valence-corrected chi connectivity index (χ2v) is 10.2. The quantitative estimate of drug-likeness (QED) is 0.310. The zero-order chi connectivity index (χ0) is 27.0. The zero-order valence-electron chi connectivity index (χ0n) is 22.4. The lowest BCUT2D eigenvalue weighted by Crippen LogP contribution is -2.30. The number of nitrogens with zero attached hydrogens (tertiary/aromatic N) is 2. The monoisotopic (exact) mass is 528 g/mol. The first-order valence-corrected chi connectivity index (χ1v) is 13.5. The van der Waals surface area contributed by atoms with Gasteiger partial charge in [-0.25, -0.2) is 8.42 Å². The Kier molecular flexibility index (Phi) is 9.66. The summed E-state index contributed by atoms with van der Waals surface area (Å²) in [5.41, 5.74) is 2.54. The molecule has 0 aliphatic carbocycles. The minimum atomic E-state index is -3.86. The highest BCUT2D eigenvalue weighted by Crippen LogP contribution is 2.47. The van der Waals surface area contributed by atoms with Crippen molar-refractivity contribution in [1.29, 1.82) is 0 Å². The summed E-state index contributed by atoms with van der Waals surface area (Å²) in [6, 6.07) is 18.1. The SMILES string of the molecule is CCN(CC)c1ccc(CN(Cc2cc(OC)c(OC)c(OC)c2OC)S(=O)(=O)c2ccccc2)cc1. The van der Waals surface area contributed by atoms with Crippen LogP contribution >= 0.6 is 0 Å². The van der Waals surface area contributed by atoms with Gasteiger partial charge in [0.25, 0.3) is 0 Å². The number of rotatable bonds is 13. The van der Waals surface area contributed by atoms with Gasteiger partial charge in [0.1, 0.15) is 0 Å². The summed E-state index contributed by atoms with van der Waals surface area (Å²) in [7, 11) is 2.17. The number of benzene rings is 3. The van der Waals surface area contributed by atoms with Crippen molar-refractivity contribution in [2.24, 2.45) is 0 Å². The predicted molar refractivity (Wildman–Crippen MR) is 146 cm³/mol. The van der Waals surface area contributed by atoms with Crippen LogP contribution in [-0.2, 0) is 23.1 Å². The van der Waals surface area contributed by atoms with E-state index in [0.29, 0.717) is 28.6 Å². The van der Waals surface area contributed by atoms with Gasteiger partial charge in [0, 0.05) is 37.4 Å². The van der Waals surface area contributed by atoms with Crippen molar-refractivity contribution in [3.05, 3.63) is 71.8 Å². The zero-order valence-corrected chi connectivity index (χ0v) is 23.2. The van der Waals surface area contributed by atoms with E-state index in [-0.39, 0.29) is 18.0 Å². The van der Waals surface area contributed by atoms with Crippen molar-refractivity contribution in [3.8, 4) is 23.0 Å². The van der Waals surface area contributed by atoms with Crippen molar-refractivity contribution >= 4 is 15.7 Å². The van der Waals surface area contributed by atoms with Gasteiger partial charge in [0.2, 0.25) is 21.5 Å². The number of hydrogen-bond donors (Lipinski definition) is 0. The summed E-state index contributed by atoms with van der Waals surface area (Å²) in [6.45, 7) is 6.19. The third-order valence-electron chi connectivity index (χ3n) is 6.22. The van der Waals surface area contributed by atoms with Crippen LogP contribution < -0.4 is 23.8 Å². The standard InChI is InChI=1S/C28H36N2O6S/c1-7-29(8-2)23-16-14-21(15-17-23)19-30(37(31,32)24-12-10-9-11-13-24)20-22-18-25(33-3)27(35-5)28(36-6)26(22)34-4/h9-18H,7-8,19-20H2,1-6H3. The smallest absolute Gasteiger partial charge is 0.243 e. The third-order valence-corrected chi connectivity index (χ3v) is 8.02. The molecular formula is C28H36N2O6S. The third kappa shape index (κ3) is 6.11. The van der Waals surface area contributed by atoms with Crippen LogP contribution in [-0.4, -0.2) is 54.3 Å². The lowest BCUT2D eigenvalue weighted by Gasteiger charge is -2.26. The Morgan fingerprint density at radius 3 is 1.81 bits per heavy atom. The molecule has 9 heteroatoms. The summed E-state index contributed by atoms with van der Waals surface area (Å²) < 4.78 is 51.3. The number of ether oxygens (including phenoxy) is 4. The van der Waals surface area contributed by atoms with E-state index in [1.54, 1.807) is 36.4 Å². The molecule has 0 unspecified atom stereocenters. The van der Waals surface area contributed by atoms with E-state index in [0.717, 1.165) is 24.3 Å². The first kappa shape index (κ1) is 28.1. The predicted octanol–water partition coefficient (Wildman–Crippen LogP) is 4.96. The molecule has 0 saturated carbocycles. The molecule has 0 radical (unpaired) electrons. The van der Waals surface area contributed by atoms with Gasteiger partial charge in [-0.1, -0.05) is 30.3 Å². The van der Waals surface area contributed by atoms with Crippen molar-refractivity contribution in [2.45, 2.75) is 31.8 Å². The van der Waals surface area contributed by atoms with Crippen LogP contribution in [0.4, 0.5) is 5.69 Å². The topological polar surface area (TPSA) is 77.5 Å². The molecule has 3 aromatic carbocycles. The van der Waals surface area contributed by atoms with Crippen molar-refractivity contribution < 1.29 is 27.4 Å². The number of sulfonamides is 1. The molecule has 200 valence electrons. The van der Waals surface area contributed by atoms with Gasteiger partial charge in [-0.05, 0) is 49.7 Å². The summed E-state index contributed by atoms with van der Waals surface area (Å²) in [6.07, 6.45) is 0. The second kappa shape index (κ2) is 12.7. The second-order valence-electron chi connectivity index (χ2n) is 8.26. The van der Waals surface area contributed by atoms with Crippen LogP contribution in [0.1, 0.15) is 25.0 Å². The Hall–Kier alpha value is -3.43. The molecular weight excluding hydrogens is 492 g/mol. The maximum Gasteiger partial charge on any atom is 0.243 e. The van der Waals surface area contributed by atoms with E-state index in [4.69, 9.17) is 18.9 Å². The van der Waals surface area contributed by atoms with Crippen LogP contribution in [0.5, 0.6) is 23.0 Å². The van der Waals surface area contributed by atoms with Crippen LogP contribution in [0.2, 0.25) is 0 Å². The summed E-state index contributed by atoms with van der Waals surface area (Å²) >= 11 is 0. The van der Waals surface area contributed by atoms with Gasteiger partial charge in [0.05, 0.1) is 33.3 Å². The molecule has 0 saturated heterocycles. The molecule has 0 spiro atoms. The summed E-state index contributed by atoms with van der Waals surface area (Å²) in [5.74, 6) is 1.50. The maximum absolute atomic E-state index is 13.8. The molecule has 0 aromatic heterocycles. The largest absolute Gasteiger partial charge is 0.493 e. The molecule has 0 amide bonds. The molecule has 8 nitrogen and oxygen atoms in total. The molecule has 0 fully saturated rings. The molecule has 0 atom stereocenters. The lowest BCUT2D eigenvalue weighted by atomic mass is 10.1. The fourth-order valence-electron chi connectivity index (χ4n) is 4.28. The highest BCUT2D eigenvalue weighted by Gasteiger charge is 2.29. The average Bonchev–Trinajstić information content (AvgIpc) is 2.93. The van der Waals surface area contributed by atoms with E-state index >= 15 is 0 Å². The van der Waals surface area contributed by atoms with Gasteiger partial charge >= 0.3 is 0 Å². The molecule has 0 aliphatic heterocycles. The van der Waals surface area contributed by atoms with E-state index < -0.39 is 10.0 Å². The molecule has 0 heterocycles. The van der Waals surface area contributed by atoms with Gasteiger partial charge in [0.15, 0.2) is 11.5 Å². The van der Waals surface area contributed by atoms with Crippen molar-refractivity contribution in [3.63, 3.8) is 0 Å². The molecule has 0 N–H and O–H groups in total. The average molecular weight is 529 g/mol. The van der Waals surface area contributed by atoms with E-state index in [1.165, 1.54) is 32.7 Å². The normalized spacial score (nSPS) is 11.3. The van der Waals surface area contributed by atoms with E-state index in [9.17, 15) is 8.42 Å². The molecule has 0 aliphatic rings. The minimum Gasteiger partial charge on any atom is -0.493 e. The van der Waals surface area contributed by atoms with Crippen LogP contribution in [0.25, 0.3) is 0 Å².